The molecule has 0 saturated heterocycles. The Labute approximate surface area is 198 Å². The fraction of sp³-hybridized carbons (Fsp3) is 0.292. The van der Waals surface area contributed by atoms with Crippen molar-refractivity contribution in [3.05, 3.63) is 72.7 Å². The molecule has 168 valence electrons. The number of hydrogen-bond donors (Lipinski definition) is 0. The second-order valence-electron chi connectivity index (χ2n) is 7.78. The summed E-state index contributed by atoms with van der Waals surface area (Å²) < 4.78 is 7.03. The van der Waals surface area contributed by atoms with Gasteiger partial charge in [0.25, 0.3) is 5.56 Å². The van der Waals surface area contributed by atoms with Crippen LogP contribution in [0.15, 0.2) is 50.8 Å². The molecule has 0 aliphatic heterocycles. The second-order valence-corrected chi connectivity index (χ2v) is 8.64. The van der Waals surface area contributed by atoms with Gasteiger partial charge < -0.3 is 4.74 Å². The lowest BCUT2D eigenvalue weighted by molar-refractivity contribution is -0.385. The minimum atomic E-state index is -0.550. The Morgan fingerprint density at radius 1 is 1.30 bits per heavy atom. The summed E-state index contributed by atoms with van der Waals surface area (Å²) in [7, 11) is 0. The normalized spacial score (nSPS) is 14.4. The molecule has 0 spiro atoms. The van der Waals surface area contributed by atoms with Crippen LogP contribution >= 0.6 is 15.9 Å². The molecule has 2 aromatic carbocycles. The van der Waals surface area contributed by atoms with Gasteiger partial charge in [-0.25, -0.2) is 4.98 Å². The second kappa shape index (κ2) is 9.96. The Hall–Kier alpha value is -3.51. The first-order chi connectivity index (χ1) is 16.0. The summed E-state index contributed by atoms with van der Waals surface area (Å²) in [6.45, 7) is -0.101. The molecule has 0 radical (unpaired) electrons. The lowest BCUT2D eigenvalue weighted by Crippen LogP contribution is -2.25. The molecule has 9 heteroatoms. The van der Waals surface area contributed by atoms with Crippen LogP contribution in [0.25, 0.3) is 10.9 Å². The molecule has 1 aromatic heterocycles. The predicted molar refractivity (Wildman–Crippen MR) is 130 cm³/mol. The van der Waals surface area contributed by atoms with Crippen LogP contribution in [-0.2, 0) is 0 Å². The van der Waals surface area contributed by atoms with Gasteiger partial charge in [-0.05, 0) is 47.0 Å². The zero-order chi connectivity index (χ0) is 23.4. The van der Waals surface area contributed by atoms with E-state index in [0.29, 0.717) is 26.8 Å². The maximum absolute atomic E-state index is 13.3. The molecule has 0 atom stereocenters. The summed E-state index contributed by atoms with van der Waals surface area (Å²) in [5.74, 6) is 3.09. The molecule has 0 unspecified atom stereocenters. The van der Waals surface area contributed by atoms with Gasteiger partial charge >= 0.3 is 5.69 Å². The van der Waals surface area contributed by atoms with Crippen molar-refractivity contribution in [2.24, 2.45) is 5.10 Å². The summed E-state index contributed by atoms with van der Waals surface area (Å²) in [5.41, 5.74) is 0.553. The monoisotopic (exact) mass is 508 g/mol. The zero-order valence-corrected chi connectivity index (χ0v) is 19.3. The fourth-order valence-electron chi connectivity index (χ4n) is 4.07. The topological polar surface area (TPSA) is 99.6 Å². The number of rotatable bonds is 6. The van der Waals surface area contributed by atoms with Gasteiger partial charge in [-0.2, -0.15) is 9.78 Å². The van der Waals surface area contributed by atoms with Crippen LogP contribution in [0.3, 0.4) is 0 Å². The molecule has 1 aliphatic carbocycles. The highest BCUT2D eigenvalue weighted by Gasteiger charge is 2.23. The largest absolute Gasteiger partial charge is 0.473 e. The van der Waals surface area contributed by atoms with Crippen molar-refractivity contribution >= 4 is 38.7 Å². The number of benzene rings is 2. The Morgan fingerprint density at radius 2 is 2.06 bits per heavy atom. The molecular weight excluding hydrogens is 488 g/mol. The summed E-state index contributed by atoms with van der Waals surface area (Å²) in [6.07, 6.45) is 11.8. The molecule has 1 heterocycles. The van der Waals surface area contributed by atoms with Gasteiger partial charge in [-0.15, -0.1) is 6.42 Å². The van der Waals surface area contributed by atoms with Crippen LogP contribution in [0.2, 0.25) is 0 Å². The van der Waals surface area contributed by atoms with Crippen LogP contribution in [0, 0.1) is 22.5 Å². The number of fused-ring (bicyclic) bond motifs is 1. The number of nitrogens with zero attached hydrogens (tertiary/aromatic N) is 4. The molecule has 4 rings (SSSR count). The van der Waals surface area contributed by atoms with Crippen molar-refractivity contribution in [2.45, 2.75) is 38.0 Å². The van der Waals surface area contributed by atoms with Gasteiger partial charge in [-0.3, -0.25) is 14.9 Å². The van der Waals surface area contributed by atoms with E-state index in [4.69, 9.17) is 16.1 Å². The number of halogens is 1. The summed E-state index contributed by atoms with van der Waals surface area (Å²) >= 11 is 3.31. The molecular formula is C24H21BrN4O4. The van der Waals surface area contributed by atoms with E-state index in [1.165, 1.54) is 23.4 Å². The van der Waals surface area contributed by atoms with Crippen molar-refractivity contribution in [2.75, 3.05) is 6.61 Å². The van der Waals surface area contributed by atoms with Crippen molar-refractivity contribution in [1.29, 1.82) is 0 Å². The van der Waals surface area contributed by atoms with Crippen LogP contribution < -0.4 is 10.3 Å². The van der Waals surface area contributed by atoms with E-state index in [1.807, 2.05) is 12.1 Å². The van der Waals surface area contributed by atoms with E-state index in [1.54, 1.807) is 18.2 Å². The highest BCUT2D eigenvalue weighted by atomic mass is 79.9. The quantitative estimate of drug-likeness (QED) is 0.201. The minimum absolute atomic E-state index is 0.0440. The lowest BCUT2D eigenvalue weighted by atomic mass is 9.88. The average molecular weight is 509 g/mol. The number of ether oxygens (including phenoxy) is 1. The van der Waals surface area contributed by atoms with Crippen molar-refractivity contribution in [1.82, 2.24) is 9.66 Å². The SMILES string of the molecule is C#CCOc1c(Br)cc(C=Nn2c(C3CCCCC3)nc3ccccc3c2=O)cc1[N+](=O)[O-]. The molecule has 0 amide bonds. The van der Waals surface area contributed by atoms with Crippen molar-refractivity contribution in [3.8, 4) is 18.1 Å². The third-order valence-electron chi connectivity index (χ3n) is 5.61. The molecule has 8 nitrogen and oxygen atoms in total. The maximum Gasteiger partial charge on any atom is 0.312 e. The highest BCUT2D eigenvalue weighted by molar-refractivity contribution is 9.10. The number of para-hydroxylation sites is 1. The van der Waals surface area contributed by atoms with E-state index in [2.05, 4.69) is 27.0 Å². The first-order valence-electron chi connectivity index (χ1n) is 10.6. The lowest BCUT2D eigenvalue weighted by Gasteiger charge is -2.22. The fourth-order valence-corrected chi connectivity index (χ4v) is 4.65. The van der Waals surface area contributed by atoms with Crippen LogP contribution in [0.5, 0.6) is 5.75 Å². The molecule has 1 saturated carbocycles. The summed E-state index contributed by atoms with van der Waals surface area (Å²) in [4.78, 5) is 29.1. The Bertz CT molecular complexity index is 1340. The van der Waals surface area contributed by atoms with Gasteiger partial charge in [0.1, 0.15) is 12.4 Å². The number of nitro benzene ring substituents is 1. The first kappa shape index (κ1) is 22.7. The Morgan fingerprint density at radius 3 is 2.79 bits per heavy atom. The number of terminal acetylenes is 1. The molecule has 33 heavy (non-hydrogen) atoms. The van der Waals surface area contributed by atoms with Crippen LogP contribution in [-0.4, -0.2) is 27.4 Å². The summed E-state index contributed by atoms with van der Waals surface area (Å²) in [6, 6.07) is 10.2. The van der Waals surface area contributed by atoms with Gasteiger partial charge in [0.05, 0.1) is 26.5 Å². The van der Waals surface area contributed by atoms with Crippen molar-refractivity contribution < 1.29 is 9.66 Å². The minimum Gasteiger partial charge on any atom is -0.473 e. The first-order valence-corrected chi connectivity index (χ1v) is 11.4. The van der Waals surface area contributed by atoms with E-state index < -0.39 is 4.92 Å². The van der Waals surface area contributed by atoms with Gasteiger partial charge in [0.2, 0.25) is 5.75 Å². The Balaban J connectivity index is 1.81. The van der Waals surface area contributed by atoms with Crippen LogP contribution in [0.1, 0.15) is 49.4 Å². The molecule has 0 bridgehead atoms. The Kier molecular flexibility index (Phi) is 6.84. The molecule has 1 fully saturated rings. The maximum atomic E-state index is 13.3. The van der Waals surface area contributed by atoms with E-state index in [-0.39, 0.29) is 29.5 Å². The number of hydrogen-bond acceptors (Lipinski definition) is 6. The number of aromatic nitrogens is 2. The van der Waals surface area contributed by atoms with Gasteiger partial charge in [0, 0.05) is 17.5 Å². The smallest absolute Gasteiger partial charge is 0.312 e. The van der Waals surface area contributed by atoms with E-state index >= 15 is 0 Å². The van der Waals surface area contributed by atoms with Crippen LogP contribution in [0.4, 0.5) is 5.69 Å². The zero-order valence-electron chi connectivity index (χ0n) is 17.7. The van der Waals surface area contributed by atoms with E-state index in [0.717, 1.165) is 25.7 Å². The van der Waals surface area contributed by atoms with Gasteiger partial charge in [-0.1, -0.05) is 37.3 Å². The van der Waals surface area contributed by atoms with Crippen molar-refractivity contribution in [3.63, 3.8) is 0 Å². The standard InChI is InChI=1S/C24H21BrN4O4/c1-2-12-33-22-19(25)13-16(14-21(22)29(31)32)15-26-28-23(17-8-4-3-5-9-17)27-20-11-7-6-10-18(20)24(28)30/h1,6-7,10-11,13-15,17H,3-5,8-9,12H2. The average Bonchev–Trinajstić information content (AvgIpc) is 2.83. The molecule has 0 N–H and O–H groups in total. The number of nitro groups is 1. The van der Waals surface area contributed by atoms with E-state index in [9.17, 15) is 14.9 Å². The third kappa shape index (κ3) is 4.81. The van der Waals surface area contributed by atoms with Gasteiger partial charge in [0.15, 0.2) is 0 Å². The molecule has 1 aliphatic rings. The molecule has 3 aromatic rings. The summed E-state index contributed by atoms with van der Waals surface area (Å²) in [5, 5.41) is 16.5. The predicted octanol–water partition coefficient (Wildman–Crippen LogP) is 5.01. The highest BCUT2D eigenvalue weighted by Crippen LogP contribution is 2.36. The third-order valence-corrected chi connectivity index (χ3v) is 6.20.